The van der Waals surface area contributed by atoms with E-state index < -0.39 is 5.91 Å². The van der Waals surface area contributed by atoms with Crippen LogP contribution in [0.15, 0.2) is 65.4 Å². The van der Waals surface area contributed by atoms with Crippen molar-refractivity contribution in [3.8, 4) is 6.07 Å². The van der Waals surface area contributed by atoms with Gasteiger partial charge in [-0.25, -0.2) is 9.97 Å². The first-order valence-corrected chi connectivity index (χ1v) is 8.10. The predicted octanol–water partition coefficient (Wildman–Crippen LogP) is 4.11. The van der Waals surface area contributed by atoms with Gasteiger partial charge < -0.3 is 10.6 Å². The molecule has 0 unspecified atom stereocenters. The Balaban J connectivity index is 1.79. The topological polar surface area (TPSA) is 90.7 Å². The van der Waals surface area contributed by atoms with E-state index in [2.05, 4.69) is 36.5 Å². The van der Waals surface area contributed by atoms with E-state index in [0.717, 1.165) is 10.2 Å². The monoisotopic (exact) mass is 393 g/mol. The number of rotatable bonds is 4. The molecule has 0 saturated heterocycles. The highest BCUT2D eigenvalue weighted by atomic mass is 79.9. The third-order valence-corrected chi connectivity index (χ3v) is 3.79. The molecule has 25 heavy (non-hydrogen) atoms. The maximum absolute atomic E-state index is 12.4. The van der Waals surface area contributed by atoms with Crippen LogP contribution in [0.5, 0.6) is 0 Å². The Morgan fingerprint density at radius 3 is 2.72 bits per heavy atom. The van der Waals surface area contributed by atoms with E-state index in [4.69, 9.17) is 5.26 Å². The molecule has 122 valence electrons. The summed E-state index contributed by atoms with van der Waals surface area (Å²) in [7, 11) is 0. The van der Waals surface area contributed by atoms with Crippen molar-refractivity contribution in [1.29, 1.82) is 5.26 Å². The van der Waals surface area contributed by atoms with E-state index in [0.29, 0.717) is 17.1 Å². The fraction of sp³-hybridized carbons (Fsp3) is 0. The third kappa shape index (κ3) is 4.19. The van der Waals surface area contributed by atoms with Gasteiger partial charge in [-0.15, -0.1) is 0 Å². The zero-order valence-corrected chi connectivity index (χ0v) is 14.5. The van der Waals surface area contributed by atoms with Crippen LogP contribution in [0.25, 0.3) is 0 Å². The second-order valence-corrected chi connectivity index (χ2v) is 5.95. The summed E-state index contributed by atoms with van der Waals surface area (Å²) < 4.78 is 0.928. The van der Waals surface area contributed by atoms with Crippen LogP contribution in [0.3, 0.4) is 0 Å². The second kappa shape index (κ2) is 7.55. The van der Waals surface area contributed by atoms with Crippen LogP contribution in [-0.2, 0) is 0 Å². The number of hydrogen-bond donors (Lipinski definition) is 2. The maximum Gasteiger partial charge on any atom is 0.274 e. The number of amides is 1. The summed E-state index contributed by atoms with van der Waals surface area (Å²) in [4.78, 5) is 20.5. The summed E-state index contributed by atoms with van der Waals surface area (Å²) >= 11 is 3.40. The van der Waals surface area contributed by atoms with Crippen LogP contribution in [0.1, 0.15) is 16.1 Å². The van der Waals surface area contributed by atoms with Gasteiger partial charge in [-0.1, -0.05) is 34.1 Å². The molecule has 3 aromatic rings. The predicted molar refractivity (Wildman–Crippen MR) is 98.6 cm³/mol. The fourth-order valence-corrected chi connectivity index (χ4v) is 2.54. The lowest BCUT2D eigenvalue weighted by atomic mass is 10.2. The van der Waals surface area contributed by atoms with Crippen LogP contribution in [0.2, 0.25) is 0 Å². The van der Waals surface area contributed by atoms with Gasteiger partial charge in [0.1, 0.15) is 23.9 Å². The summed E-state index contributed by atoms with van der Waals surface area (Å²) in [6, 6.07) is 17.9. The maximum atomic E-state index is 12.4. The average molecular weight is 394 g/mol. The van der Waals surface area contributed by atoms with E-state index in [1.54, 1.807) is 30.3 Å². The zero-order valence-electron chi connectivity index (χ0n) is 12.9. The van der Waals surface area contributed by atoms with Gasteiger partial charge in [0, 0.05) is 16.2 Å². The van der Waals surface area contributed by atoms with Gasteiger partial charge in [0.25, 0.3) is 5.91 Å². The van der Waals surface area contributed by atoms with Gasteiger partial charge >= 0.3 is 0 Å². The molecule has 2 N–H and O–H groups in total. The van der Waals surface area contributed by atoms with E-state index in [9.17, 15) is 4.79 Å². The normalized spacial score (nSPS) is 9.92. The van der Waals surface area contributed by atoms with E-state index >= 15 is 0 Å². The first kappa shape index (κ1) is 16.6. The fourth-order valence-electron chi connectivity index (χ4n) is 2.14. The van der Waals surface area contributed by atoms with Crippen LogP contribution in [0, 0.1) is 11.3 Å². The molecule has 1 heterocycles. The molecule has 0 radical (unpaired) electrons. The highest BCUT2D eigenvalue weighted by Gasteiger charge is 2.11. The number of benzene rings is 2. The van der Waals surface area contributed by atoms with Crippen molar-refractivity contribution in [2.75, 3.05) is 10.6 Å². The number of nitrogens with one attached hydrogen (secondary N) is 2. The second-order valence-electron chi connectivity index (χ2n) is 5.04. The molecule has 0 aliphatic heterocycles. The molecule has 0 saturated carbocycles. The Morgan fingerprint density at radius 1 is 1.08 bits per heavy atom. The number of carbonyl (C=O) groups is 1. The molecule has 2 aromatic carbocycles. The number of halogens is 1. The summed E-state index contributed by atoms with van der Waals surface area (Å²) in [5.74, 6) is 0.0780. The zero-order chi connectivity index (χ0) is 17.6. The molecule has 0 atom stereocenters. The van der Waals surface area contributed by atoms with Crippen molar-refractivity contribution >= 4 is 39.0 Å². The molecule has 7 heteroatoms. The summed E-state index contributed by atoms with van der Waals surface area (Å²) in [6.45, 7) is 0. The first-order chi connectivity index (χ1) is 12.2. The highest BCUT2D eigenvalue weighted by Crippen LogP contribution is 2.20. The molecule has 6 nitrogen and oxygen atoms in total. The number of nitriles is 1. The summed E-state index contributed by atoms with van der Waals surface area (Å²) in [5, 5.41) is 14.9. The van der Waals surface area contributed by atoms with Crippen molar-refractivity contribution < 1.29 is 4.79 Å². The largest absolute Gasteiger partial charge is 0.340 e. The molecule has 1 aromatic heterocycles. The summed E-state index contributed by atoms with van der Waals surface area (Å²) in [6.07, 6.45) is 1.31. The Hall–Kier alpha value is -3.24. The molecule has 1 amide bonds. The number of anilines is 3. The Kier molecular flexibility index (Phi) is 5.02. The molecule has 0 fully saturated rings. The van der Waals surface area contributed by atoms with Crippen molar-refractivity contribution in [3.05, 3.63) is 76.7 Å². The van der Waals surface area contributed by atoms with E-state index in [-0.39, 0.29) is 5.69 Å². The van der Waals surface area contributed by atoms with Gasteiger partial charge in [0.15, 0.2) is 0 Å². The van der Waals surface area contributed by atoms with Crippen molar-refractivity contribution in [2.24, 2.45) is 0 Å². The molecular formula is C18H12BrN5O. The first-order valence-electron chi connectivity index (χ1n) is 7.31. The minimum atomic E-state index is -0.414. The lowest BCUT2D eigenvalue weighted by Crippen LogP contribution is -2.15. The van der Waals surface area contributed by atoms with Crippen LogP contribution in [-0.4, -0.2) is 15.9 Å². The van der Waals surface area contributed by atoms with Gasteiger partial charge in [0.2, 0.25) is 0 Å². The summed E-state index contributed by atoms with van der Waals surface area (Å²) in [5.41, 5.74) is 1.85. The van der Waals surface area contributed by atoms with E-state index in [1.165, 1.54) is 6.33 Å². The number of para-hydroxylation sites is 1. The lowest BCUT2D eigenvalue weighted by molar-refractivity contribution is 0.102. The van der Waals surface area contributed by atoms with Gasteiger partial charge in [0.05, 0.1) is 11.3 Å². The minimum Gasteiger partial charge on any atom is -0.340 e. The van der Waals surface area contributed by atoms with Crippen LogP contribution < -0.4 is 10.6 Å². The highest BCUT2D eigenvalue weighted by molar-refractivity contribution is 9.10. The molecule has 0 bridgehead atoms. The molecule has 3 rings (SSSR count). The van der Waals surface area contributed by atoms with Gasteiger partial charge in [-0.3, -0.25) is 4.79 Å². The SMILES string of the molecule is N#Cc1ccccc1NC(=O)c1cc(Nc2cccc(Br)c2)ncn1. The number of nitrogens with zero attached hydrogens (tertiary/aromatic N) is 3. The Labute approximate surface area is 152 Å². The van der Waals surface area contributed by atoms with Gasteiger partial charge in [-0.2, -0.15) is 5.26 Å². The number of hydrogen-bond acceptors (Lipinski definition) is 5. The van der Waals surface area contributed by atoms with Crippen molar-refractivity contribution in [3.63, 3.8) is 0 Å². The molecule has 0 spiro atoms. The lowest BCUT2D eigenvalue weighted by Gasteiger charge is -2.08. The van der Waals surface area contributed by atoms with Gasteiger partial charge in [-0.05, 0) is 30.3 Å². The third-order valence-electron chi connectivity index (χ3n) is 3.29. The van der Waals surface area contributed by atoms with E-state index in [1.807, 2.05) is 30.3 Å². The average Bonchev–Trinajstić information content (AvgIpc) is 2.62. The molecular weight excluding hydrogens is 382 g/mol. The Morgan fingerprint density at radius 2 is 1.92 bits per heavy atom. The standard InChI is InChI=1S/C18H12BrN5O/c19-13-5-3-6-14(8-13)23-17-9-16(21-11-22-17)18(25)24-15-7-2-1-4-12(15)10-20/h1-9,11H,(H,24,25)(H,21,22,23). The number of carbonyl (C=O) groups excluding carboxylic acids is 1. The van der Waals surface area contributed by atoms with Crippen LogP contribution >= 0.6 is 15.9 Å². The van der Waals surface area contributed by atoms with Crippen molar-refractivity contribution in [1.82, 2.24) is 9.97 Å². The smallest absolute Gasteiger partial charge is 0.274 e. The quantitative estimate of drug-likeness (QED) is 0.695. The van der Waals surface area contributed by atoms with Crippen LogP contribution in [0.4, 0.5) is 17.2 Å². The Bertz CT molecular complexity index is 967. The minimum absolute atomic E-state index is 0.195. The molecule has 0 aliphatic carbocycles. The molecule has 0 aliphatic rings. The van der Waals surface area contributed by atoms with Crippen molar-refractivity contribution in [2.45, 2.75) is 0 Å². The number of aromatic nitrogens is 2.